The van der Waals surface area contributed by atoms with Crippen molar-refractivity contribution in [3.63, 3.8) is 0 Å². The third kappa shape index (κ3) is 5.29. The monoisotopic (exact) mass is 529 g/mol. The van der Waals surface area contributed by atoms with Gasteiger partial charge in [-0.05, 0) is 44.8 Å². The second kappa shape index (κ2) is 10.0. The van der Waals surface area contributed by atoms with Gasteiger partial charge < -0.3 is 14.2 Å². The second-order valence-electron chi connectivity index (χ2n) is 8.51. The van der Waals surface area contributed by atoms with Gasteiger partial charge in [0.1, 0.15) is 5.82 Å². The normalized spacial score (nSPS) is 16.1. The number of hydrogen-bond donors (Lipinski definition) is 0. The Morgan fingerprint density at radius 3 is 2.56 bits per heavy atom. The van der Waals surface area contributed by atoms with E-state index in [1.54, 1.807) is 4.90 Å². The van der Waals surface area contributed by atoms with Crippen LogP contribution in [0.1, 0.15) is 17.9 Å². The Hall–Kier alpha value is -3.25. The molecule has 1 atom stereocenters. The Morgan fingerprint density at radius 1 is 1.19 bits per heavy atom. The van der Waals surface area contributed by atoms with Crippen molar-refractivity contribution in [2.75, 3.05) is 32.1 Å². The molecule has 2 aromatic carbocycles. The Bertz CT molecular complexity index is 1270. The molecule has 192 valence electrons. The van der Waals surface area contributed by atoms with Crippen molar-refractivity contribution in [1.29, 1.82) is 0 Å². The molecule has 4 rings (SSSR count). The standard InChI is InChI=1S/C23H21ClF5N5O2/c1-32(2)15-8-9-33(12-15)22(35)34(18-5-3-4-16(24)19(18)26)11-14-7-6-13(10-17(14)25)20-30-31-21(36-20)23(27,28)29/h3-7,10,15H,8-9,11-12H2,1-2H3/t15-/m0/s1. The number of nitrogens with zero attached hydrogens (tertiary/aromatic N) is 5. The highest BCUT2D eigenvalue weighted by Crippen LogP contribution is 2.32. The maximum Gasteiger partial charge on any atom is 0.470 e. The van der Waals surface area contributed by atoms with Crippen molar-refractivity contribution in [2.24, 2.45) is 0 Å². The zero-order valence-electron chi connectivity index (χ0n) is 19.2. The van der Waals surface area contributed by atoms with Crippen LogP contribution in [0, 0.1) is 11.6 Å². The Morgan fingerprint density at radius 2 is 1.94 bits per heavy atom. The molecule has 0 bridgehead atoms. The van der Waals surface area contributed by atoms with E-state index >= 15 is 4.39 Å². The van der Waals surface area contributed by atoms with Crippen LogP contribution in [0.3, 0.4) is 0 Å². The van der Waals surface area contributed by atoms with Crippen molar-refractivity contribution >= 4 is 23.3 Å². The maximum absolute atomic E-state index is 15.1. The van der Waals surface area contributed by atoms with Crippen LogP contribution in [0.4, 0.5) is 32.4 Å². The van der Waals surface area contributed by atoms with Gasteiger partial charge in [0.2, 0.25) is 5.89 Å². The van der Waals surface area contributed by atoms with Crippen LogP contribution in [-0.4, -0.2) is 59.3 Å². The molecule has 1 aromatic heterocycles. The van der Waals surface area contributed by atoms with Gasteiger partial charge in [-0.3, -0.25) is 4.90 Å². The molecule has 3 aromatic rings. The average Bonchev–Trinajstić information content (AvgIpc) is 3.50. The number of urea groups is 1. The highest BCUT2D eigenvalue weighted by Gasteiger charge is 2.38. The number of hydrogen-bond acceptors (Lipinski definition) is 5. The van der Waals surface area contributed by atoms with Crippen LogP contribution in [0.15, 0.2) is 40.8 Å². The van der Waals surface area contributed by atoms with Crippen LogP contribution < -0.4 is 4.90 Å². The molecule has 1 saturated heterocycles. The van der Waals surface area contributed by atoms with E-state index in [9.17, 15) is 22.4 Å². The van der Waals surface area contributed by atoms with Crippen molar-refractivity contribution in [3.8, 4) is 11.5 Å². The minimum atomic E-state index is -4.84. The lowest BCUT2D eigenvalue weighted by molar-refractivity contribution is -0.156. The van der Waals surface area contributed by atoms with Crippen LogP contribution >= 0.6 is 11.6 Å². The fourth-order valence-corrected chi connectivity index (χ4v) is 4.07. The Balaban J connectivity index is 1.64. The van der Waals surface area contributed by atoms with Gasteiger partial charge in [-0.25, -0.2) is 13.6 Å². The summed E-state index contributed by atoms with van der Waals surface area (Å²) in [6.45, 7) is 0.480. The summed E-state index contributed by atoms with van der Waals surface area (Å²) in [5, 5.41) is 6.04. The number of aromatic nitrogens is 2. The molecule has 1 aliphatic rings. The number of halogens is 6. The molecule has 0 N–H and O–H groups in total. The van der Waals surface area contributed by atoms with Crippen LogP contribution in [0.2, 0.25) is 5.02 Å². The van der Waals surface area contributed by atoms with Gasteiger partial charge in [-0.1, -0.05) is 23.7 Å². The summed E-state index contributed by atoms with van der Waals surface area (Å²) in [6, 6.07) is 7.21. The molecule has 2 amide bonds. The molecule has 2 heterocycles. The van der Waals surface area contributed by atoms with Crippen LogP contribution in [0.25, 0.3) is 11.5 Å². The topological polar surface area (TPSA) is 65.7 Å². The van der Waals surface area contributed by atoms with Gasteiger partial charge in [-0.15, -0.1) is 10.2 Å². The minimum absolute atomic E-state index is 0.00890. The number of carbonyl (C=O) groups excluding carboxylic acids is 1. The van der Waals surface area contributed by atoms with E-state index < -0.39 is 35.6 Å². The number of alkyl halides is 3. The summed E-state index contributed by atoms with van der Waals surface area (Å²) in [5.74, 6) is -3.77. The first-order chi connectivity index (χ1) is 17.0. The van der Waals surface area contributed by atoms with E-state index in [-0.39, 0.29) is 34.4 Å². The summed E-state index contributed by atoms with van der Waals surface area (Å²) in [5.41, 5.74) is -0.221. The third-order valence-corrected chi connectivity index (χ3v) is 6.20. The molecule has 0 radical (unpaired) electrons. The summed E-state index contributed by atoms with van der Waals surface area (Å²) >= 11 is 5.93. The van der Waals surface area contributed by atoms with Gasteiger partial charge in [0.05, 0.1) is 17.3 Å². The molecular formula is C23H21ClF5N5O2. The highest BCUT2D eigenvalue weighted by atomic mass is 35.5. The predicted molar refractivity (Wildman–Crippen MR) is 121 cm³/mol. The van der Waals surface area contributed by atoms with E-state index in [1.165, 1.54) is 30.3 Å². The summed E-state index contributed by atoms with van der Waals surface area (Å²) in [7, 11) is 3.79. The quantitative estimate of drug-likeness (QED) is 0.411. The highest BCUT2D eigenvalue weighted by molar-refractivity contribution is 6.31. The smallest absolute Gasteiger partial charge is 0.413 e. The number of likely N-dealkylation sites (N-methyl/N-ethyl adjacent to an activating group) is 1. The molecule has 1 aliphatic heterocycles. The molecule has 13 heteroatoms. The molecule has 36 heavy (non-hydrogen) atoms. The van der Waals surface area contributed by atoms with Crippen molar-refractivity contribution < 1.29 is 31.2 Å². The van der Waals surface area contributed by atoms with Crippen molar-refractivity contribution in [2.45, 2.75) is 25.2 Å². The Labute approximate surface area is 208 Å². The lowest BCUT2D eigenvalue weighted by atomic mass is 10.1. The molecule has 7 nitrogen and oxygen atoms in total. The summed E-state index contributed by atoms with van der Waals surface area (Å²) in [6.07, 6.45) is -4.12. The molecule has 0 aliphatic carbocycles. The maximum atomic E-state index is 15.1. The largest absolute Gasteiger partial charge is 0.470 e. The number of benzene rings is 2. The number of likely N-dealkylation sites (tertiary alicyclic amines) is 1. The van der Waals surface area contributed by atoms with Crippen LogP contribution in [0.5, 0.6) is 0 Å². The number of carbonyl (C=O) groups is 1. The van der Waals surface area contributed by atoms with Crippen molar-refractivity contribution in [3.05, 3.63) is 64.5 Å². The fraction of sp³-hybridized carbons (Fsp3) is 0.348. The van der Waals surface area contributed by atoms with Gasteiger partial charge >= 0.3 is 18.1 Å². The van der Waals surface area contributed by atoms with Gasteiger partial charge in [0, 0.05) is 30.3 Å². The predicted octanol–water partition coefficient (Wildman–Crippen LogP) is 5.45. The molecule has 0 unspecified atom stereocenters. The minimum Gasteiger partial charge on any atom is -0.413 e. The summed E-state index contributed by atoms with van der Waals surface area (Å²) < 4.78 is 72.8. The fourth-order valence-electron chi connectivity index (χ4n) is 3.90. The average molecular weight is 530 g/mol. The zero-order chi connectivity index (χ0) is 26.2. The van der Waals surface area contributed by atoms with E-state index in [0.717, 1.165) is 17.4 Å². The van der Waals surface area contributed by atoms with E-state index in [1.807, 2.05) is 19.0 Å². The molecule has 0 spiro atoms. The van der Waals surface area contributed by atoms with E-state index in [4.69, 9.17) is 11.6 Å². The first-order valence-corrected chi connectivity index (χ1v) is 11.2. The van der Waals surface area contributed by atoms with E-state index in [0.29, 0.717) is 13.1 Å². The summed E-state index contributed by atoms with van der Waals surface area (Å²) in [4.78, 5) is 18.1. The number of amides is 2. The van der Waals surface area contributed by atoms with Gasteiger partial charge in [0.15, 0.2) is 5.82 Å². The second-order valence-corrected chi connectivity index (χ2v) is 8.92. The van der Waals surface area contributed by atoms with E-state index in [2.05, 4.69) is 14.6 Å². The molecule has 1 fully saturated rings. The number of anilines is 1. The molecular weight excluding hydrogens is 509 g/mol. The Kier molecular flexibility index (Phi) is 7.19. The number of rotatable bonds is 5. The van der Waals surface area contributed by atoms with Crippen LogP contribution in [-0.2, 0) is 12.7 Å². The lowest BCUT2D eigenvalue weighted by Crippen LogP contribution is -2.43. The third-order valence-electron chi connectivity index (χ3n) is 5.91. The SMILES string of the molecule is CN(C)[C@H]1CCN(C(=O)N(Cc2ccc(-c3nnc(C(F)(F)F)o3)cc2F)c2cccc(Cl)c2F)C1. The zero-order valence-corrected chi connectivity index (χ0v) is 19.9. The van der Waals surface area contributed by atoms with Crippen molar-refractivity contribution in [1.82, 2.24) is 20.0 Å². The lowest BCUT2D eigenvalue weighted by Gasteiger charge is -2.29. The van der Waals surface area contributed by atoms with Gasteiger partial charge in [-0.2, -0.15) is 13.2 Å². The first kappa shape index (κ1) is 25.8. The molecule has 0 saturated carbocycles. The van der Waals surface area contributed by atoms with Gasteiger partial charge in [0.25, 0.3) is 0 Å². The first-order valence-electron chi connectivity index (χ1n) is 10.8.